The number of hydrogen-bond donors (Lipinski definition) is 0. The van der Waals surface area contributed by atoms with Crippen LogP contribution in [0.25, 0.3) is 11.1 Å². The van der Waals surface area contributed by atoms with Gasteiger partial charge in [-0.15, -0.1) is 0 Å². The molecule has 0 aromatic heterocycles. The molecule has 0 N–H and O–H groups in total. The molecule has 0 nitrogen and oxygen atoms in total. The third kappa shape index (κ3) is 2.48. The molecule has 2 aromatic carbocycles. The van der Waals surface area contributed by atoms with Gasteiger partial charge < -0.3 is 0 Å². The van der Waals surface area contributed by atoms with E-state index in [9.17, 15) is 4.39 Å². The lowest BCUT2D eigenvalue weighted by atomic mass is 10.0. The summed E-state index contributed by atoms with van der Waals surface area (Å²) in [5.41, 5.74) is 3.13. The van der Waals surface area contributed by atoms with Crippen LogP contribution in [0.2, 0.25) is 0 Å². The first-order valence-corrected chi connectivity index (χ1v) is 5.56. The Balaban J connectivity index is 2.27. The highest BCUT2D eigenvalue weighted by Crippen LogP contribution is 2.20. The molecule has 81 valence electrons. The van der Waals surface area contributed by atoms with E-state index in [1.165, 1.54) is 11.6 Å². The van der Waals surface area contributed by atoms with Crippen molar-refractivity contribution in [1.29, 1.82) is 0 Å². The summed E-state index contributed by atoms with van der Waals surface area (Å²) in [4.78, 5) is 0. The van der Waals surface area contributed by atoms with Crippen molar-refractivity contribution in [3.05, 3.63) is 59.9 Å². The molecule has 0 spiro atoms. The predicted octanol–water partition coefficient (Wildman–Crippen LogP) is 4.25. The largest absolute Gasteiger partial charge is 0.207 e. The molecule has 0 fully saturated rings. The first kappa shape index (κ1) is 10.9. The van der Waals surface area contributed by atoms with E-state index < -0.39 is 0 Å². The Hall–Kier alpha value is -1.63. The van der Waals surface area contributed by atoms with Crippen molar-refractivity contribution in [2.75, 3.05) is 0 Å². The summed E-state index contributed by atoms with van der Waals surface area (Å²) >= 11 is 0. The van der Waals surface area contributed by atoms with E-state index in [1.807, 2.05) is 18.2 Å². The number of benzene rings is 2. The second-order valence-corrected chi connectivity index (χ2v) is 3.86. The average Bonchev–Trinajstić information content (AvgIpc) is 2.30. The highest BCUT2D eigenvalue weighted by molar-refractivity contribution is 5.63. The fraction of sp³-hybridized carbons (Fsp3) is 0.200. The predicted molar refractivity (Wildman–Crippen MR) is 64.7 cm³/mol. The van der Waals surface area contributed by atoms with Crippen LogP contribution in [0.5, 0.6) is 0 Å². The summed E-state index contributed by atoms with van der Waals surface area (Å²) in [6.45, 7) is 2.15. The van der Waals surface area contributed by atoms with Crippen molar-refractivity contribution in [2.45, 2.75) is 19.8 Å². The third-order valence-electron chi connectivity index (χ3n) is 2.55. The van der Waals surface area contributed by atoms with Gasteiger partial charge in [0.25, 0.3) is 0 Å². The zero-order chi connectivity index (χ0) is 11.4. The van der Waals surface area contributed by atoms with E-state index >= 15 is 0 Å². The maximum atomic E-state index is 13.0. The van der Waals surface area contributed by atoms with Gasteiger partial charge in [0.15, 0.2) is 0 Å². The van der Waals surface area contributed by atoms with Crippen molar-refractivity contribution in [2.24, 2.45) is 0 Å². The summed E-state index contributed by atoms with van der Waals surface area (Å²) in [6.07, 6.45) is 2.17. The molecule has 0 heterocycles. The molecule has 0 saturated heterocycles. The third-order valence-corrected chi connectivity index (χ3v) is 2.55. The molecular formula is C15H14F. The molecular weight excluding hydrogens is 199 g/mol. The average molecular weight is 213 g/mol. The maximum absolute atomic E-state index is 13.0. The van der Waals surface area contributed by atoms with Gasteiger partial charge in [-0.05, 0) is 47.4 Å². The minimum Gasteiger partial charge on any atom is -0.207 e. The maximum Gasteiger partial charge on any atom is 0.123 e. The Labute approximate surface area is 95.7 Å². The number of aryl methyl sites for hydroxylation is 1. The topological polar surface area (TPSA) is 0 Å². The van der Waals surface area contributed by atoms with E-state index in [4.69, 9.17) is 0 Å². The van der Waals surface area contributed by atoms with Gasteiger partial charge in [-0.1, -0.05) is 37.6 Å². The second kappa shape index (κ2) is 4.93. The molecule has 0 aliphatic carbocycles. The summed E-state index contributed by atoms with van der Waals surface area (Å²) < 4.78 is 13.0. The van der Waals surface area contributed by atoms with Crippen LogP contribution in [0.1, 0.15) is 18.9 Å². The quantitative estimate of drug-likeness (QED) is 0.715. The Bertz CT molecular complexity index is 457. The minimum absolute atomic E-state index is 0.199. The summed E-state index contributed by atoms with van der Waals surface area (Å²) in [5, 5.41) is 0. The SMILES string of the molecule is CCCc1[c]cc(-c2cccc(F)c2)cc1. The minimum atomic E-state index is -0.199. The molecule has 0 atom stereocenters. The fourth-order valence-corrected chi connectivity index (χ4v) is 1.73. The summed E-state index contributed by atoms with van der Waals surface area (Å²) in [6, 6.07) is 15.9. The van der Waals surface area contributed by atoms with Crippen LogP contribution in [0.3, 0.4) is 0 Å². The van der Waals surface area contributed by atoms with Gasteiger partial charge in [0.05, 0.1) is 0 Å². The fourth-order valence-electron chi connectivity index (χ4n) is 1.73. The first-order chi connectivity index (χ1) is 7.79. The molecule has 0 unspecified atom stereocenters. The summed E-state index contributed by atoms with van der Waals surface area (Å²) in [7, 11) is 0. The van der Waals surface area contributed by atoms with E-state index in [0.29, 0.717) is 0 Å². The molecule has 0 saturated carbocycles. The molecule has 2 aromatic rings. The molecule has 0 bridgehead atoms. The molecule has 2 rings (SSSR count). The molecule has 1 radical (unpaired) electrons. The van der Waals surface area contributed by atoms with Crippen molar-refractivity contribution in [3.63, 3.8) is 0 Å². The van der Waals surface area contributed by atoms with Crippen LogP contribution in [0, 0.1) is 11.9 Å². The van der Waals surface area contributed by atoms with Crippen LogP contribution >= 0.6 is 0 Å². The lowest BCUT2D eigenvalue weighted by Gasteiger charge is -2.03. The zero-order valence-electron chi connectivity index (χ0n) is 9.33. The van der Waals surface area contributed by atoms with E-state index in [0.717, 1.165) is 24.0 Å². The van der Waals surface area contributed by atoms with Crippen LogP contribution in [-0.4, -0.2) is 0 Å². The number of hydrogen-bond acceptors (Lipinski definition) is 0. The van der Waals surface area contributed by atoms with Crippen molar-refractivity contribution in [1.82, 2.24) is 0 Å². The Kier molecular flexibility index (Phi) is 3.35. The number of rotatable bonds is 3. The van der Waals surface area contributed by atoms with Gasteiger partial charge in [-0.25, -0.2) is 4.39 Å². The molecule has 0 aliphatic rings. The van der Waals surface area contributed by atoms with Gasteiger partial charge in [0.1, 0.15) is 5.82 Å². The van der Waals surface area contributed by atoms with Crippen molar-refractivity contribution in [3.8, 4) is 11.1 Å². The highest BCUT2D eigenvalue weighted by Gasteiger charge is 1.99. The van der Waals surface area contributed by atoms with Gasteiger partial charge in [0.2, 0.25) is 0 Å². The smallest absolute Gasteiger partial charge is 0.123 e. The van der Waals surface area contributed by atoms with E-state index in [1.54, 1.807) is 12.1 Å². The normalized spacial score (nSPS) is 10.4. The lowest BCUT2D eigenvalue weighted by Crippen LogP contribution is -1.84. The van der Waals surface area contributed by atoms with Gasteiger partial charge in [-0.2, -0.15) is 0 Å². The Morgan fingerprint density at radius 2 is 2.00 bits per heavy atom. The first-order valence-electron chi connectivity index (χ1n) is 5.56. The Morgan fingerprint density at radius 3 is 2.62 bits per heavy atom. The van der Waals surface area contributed by atoms with Crippen molar-refractivity contribution >= 4 is 0 Å². The van der Waals surface area contributed by atoms with Crippen LogP contribution in [0.4, 0.5) is 4.39 Å². The molecule has 1 heteroatoms. The van der Waals surface area contributed by atoms with Crippen LogP contribution in [-0.2, 0) is 6.42 Å². The molecule has 0 amide bonds. The van der Waals surface area contributed by atoms with Crippen LogP contribution in [0.15, 0.2) is 42.5 Å². The lowest BCUT2D eigenvalue weighted by molar-refractivity contribution is 0.628. The van der Waals surface area contributed by atoms with Gasteiger partial charge >= 0.3 is 0 Å². The van der Waals surface area contributed by atoms with Gasteiger partial charge in [-0.3, -0.25) is 0 Å². The second-order valence-electron chi connectivity index (χ2n) is 3.86. The van der Waals surface area contributed by atoms with Gasteiger partial charge in [0, 0.05) is 0 Å². The summed E-state index contributed by atoms with van der Waals surface area (Å²) in [5.74, 6) is -0.199. The Morgan fingerprint density at radius 1 is 1.12 bits per heavy atom. The molecule has 16 heavy (non-hydrogen) atoms. The number of halogens is 1. The van der Waals surface area contributed by atoms with Crippen molar-refractivity contribution < 1.29 is 4.39 Å². The molecule has 0 aliphatic heterocycles. The highest BCUT2D eigenvalue weighted by atomic mass is 19.1. The standard InChI is InChI=1S/C15H14F/c1-2-4-12-7-9-13(10-8-12)14-5-3-6-15(16)11-14/h3,5-7,9-11H,2,4H2,1H3. The van der Waals surface area contributed by atoms with Crippen LogP contribution < -0.4 is 0 Å². The zero-order valence-corrected chi connectivity index (χ0v) is 9.33. The van der Waals surface area contributed by atoms with E-state index in [-0.39, 0.29) is 5.82 Å². The monoisotopic (exact) mass is 213 g/mol. The van der Waals surface area contributed by atoms with E-state index in [2.05, 4.69) is 19.1 Å².